The standard InChI is InChI=1S/C25H18ClF4N5O3/c1-12(31-18-4-5-19(26)32-22(18)24(37)38)17-7-15(25(28,29)30)11-35-21(36)8-20(33-23(17)35)34-9-13-2-3-16(27)6-14(13)10-34/h2-8,11-12,31H,9-10H2,1H3,(H,37,38)/t12-/m1/s1. The number of benzene rings is 1. The molecule has 0 fully saturated rings. The van der Waals surface area contributed by atoms with Crippen molar-refractivity contribution < 1.29 is 27.5 Å². The lowest BCUT2D eigenvalue weighted by Crippen LogP contribution is -2.25. The average molecular weight is 548 g/mol. The molecule has 0 saturated carbocycles. The van der Waals surface area contributed by atoms with Crippen LogP contribution in [0.15, 0.2) is 53.5 Å². The molecule has 0 amide bonds. The van der Waals surface area contributed by atoms with Gasteiger partial charge in [0.25, 0.3) is 5.56 Å². The number of fused-ring (bicyclic) bond motifs is 2. The molecule has 2 N–H and O–H groups in total. The summed E-state index contributed by atoms with van der Waals surface area (Å²) in [4.78, 5) is 34.7. The van der Waals surface area contributed by atoms with E-state index in [1.54, 1.807) is 11.0 Å². The van der Waals surface area contributed by atoms with Crippen LogP contribution in [0.1, 0.15) is 45.7 Å². The van der Waals surface area contributed by atoms with Crippen LogP contribution in [0.5, 0.6) is 0 Å². The molecule has 5 rings (SSSR count). The summed E-state index contributed by atoms with van der Waals surface area (Å²) < 4.78 is 55.7. The minimum absolute atomic E-state index is 0.00665. The van der Waals surface area contributed by atoms with E-state index in [9.17, 15) is 32.3 Å². The maximum Gasteiger partial charge on any atom is 0.417 e. The Balaban J connectivity index is 1.62. The van der Waals surface area contributed by atoms with Crippen LogP contribution in [0.4, 0.5) is 29.1 Å². The summed E-state index contributed by atoms with van der Waals surface area (Å²) in [6.07, 6.45) is -4.10. The van der Waals surface area contributed by atoms with Gasteiger partial charge in [-0.15, -0.1) is 0 Å². The van der Waals surface area contributed by atoms with Crippen molar-refractivity contribution in [1.29, 1.82) is 0 Å². The SMILES string of the molecule is C[C@@H](Nc1ccc(Cl)nc1C(=O)O)c1cc(C(F)(F)F)cn2c(=O)cc(N3Cc4ccc(F)cc4C3)nc12. The highest BCUT2D eigenvalue weighted by Gasteiger charge is 2.33. The van der Waals surface area contributed by atoms with Gasteiger partial charge in [-0.3, -0.25) is 9.20 Å². The highest BCUT2D eigenvalue weighted by Crippen LogP contribution is 2.34. The molecule has 0 saturated heterocycles. The van der Waals surface area contributed by atoms with E-state index in [1.807, 2.05) is 0 Å². The monoisotopic (exact) mass is 547 g/mol. The number of carbonyl (C=O) groups is 1. The quantitative estimate of drug-likeness (QED) is 0.259. The largest absolute Gasteiger partial charge is 0.476 e. The van der Waals surface area contributed by atoms with Gasteiger partial charge in [0.1, 0.15) is 22.4 Å². The van der Waals surface area contributed by atoms with Crippen LogP contribution in [0.3, 0.4) is 0 Å². The molecule has 1 atom stereocenters. The Morgan fingerprint density at radius 2 is 1.84 bits per heavy atom. The number of rotatable bonds is 5. The van der Waals surface area contributed by atoms with Gasteiger partial charge in [-0.05, 0) is 48.4 Å². The molecular formula is C25H18ClF4N5O3. The zero-order chi connectivity index (χ0) is 27.4. The molecule has 8 nitrogen and oxygen atoms in total. The molecule has 4 aromatic rings. The summed E-state index contributed by atoms with van der Waals surface area (Å²) in [6, 6.07) is 8.07. The molecule has 0 unspecified atom stereocenters. The van der Waals surface area contributed by atoms with Crippen LogP contribution < -0.4 is 15.8 Å². The molecule has 1 aliphatic heterocycles. The first-order chi connectivity index (χ1) is 17.9. The number of hydrogen-bond donors (Lipinski definition) is 2. The highest BCUT2D eigenvalue weighted by molar-refractivity contribution is 6.29. The van der Waals surface area contributed by atoms with E-state index in [2.05, 4.69) is 15.3 Å². The zero-order valence-electron chi connectivity index (χ0n) is 19.6. The average Bonchev–Trinajstić information content (AvgIpc) is 3.27. The lowest BCUT2D eigenvalue weighted by atomic mass is 10.1. The summed E-state index contributed by atoms with van der Waals surface area (Å²) >= 11 is 5.80. The van der Waals surface area contributed by atoms with Gasteiger partial charge in [0.05, 0.1) is 17.3 Å². The van der Waals surface area contributed by atoms with E-state index in [1.165, 1.54) is 31.2 Å². The van der Waals surface area contributed by atoms with Crippen molar-refractivity contribution in [2.45, 2.75) is 32.2 Å². The minimum Gasteiger partial charge on any atom is -0.476 e. The third kappa shape index (κ3) is 4.74. The van der Waals surface area contributed by atoms with Gasteiger partial charge in [-0.2, -0.15) is 13.2 Å². The summed E-state index contributed by atoms with van der Waals surface area (Å²) in [5, 5.41) is 12.3. The molecule has 3 aromatic heterocycles. The number of aromatic carboxylic acids is 1. The topological polar surface area (TPSA) is 99.8 Å². The minimum atomic E-state index is -4.77. The van der Waals surface area contributed by atoms with Gasteiger partial charge in [0.2, 0.25) is 0 Å². The normalized spacial score (nSPS) is 14.0. The Hall–Kier alpha value is -4.19. The molecule has 196 valence electrons. The number of aromatic nitrogens is 3. The number of nitrogens with zero attached hydrogens (tertiary/aromatic N) is 4. The van der Waals surface area contributed by atoms with Crippen LogP contribution in [-0.4, -0.2) is 25.4 Å². The molecule has 38 heavy (non-hydrogen) atoms. The first-order valence-corrected chi connectivity index (χ1v) is 11.6. The van der Waals surface area contributed by atoms with Crippen molar-refractivity contribution in [3.8, 4) is 0 Å². The van der Waals surface area contributed by atoms with E-state index in [4.69, 9.17) is 11.6 Å². The predicted octanol–water partition coefficient (Wildman–Crippen LogP) is 5.29. The molecule has 4 heterocycles. The van der Waals surface area contributed by atoms with Crippen molar-refractivity contribution in [3.05, 3.63) is 97.9 Å². The van der Waals surface area contributed by atoms with Gasteiger partial charge < -0.3 is 15.3 Å². The fourth-order valence-electron chi connectivity index (χ4n) is 4.40. The molecular weight excluding hydrogens is 530 g/mol. The molecule has 1 aliphatic rings. The van der Waals surface area contributed by atoms with Crippen LogP contribution >= 0.6 is 11.6 Å². The molecule has 13 heteroatoms. The van der Waals surface area contributed by atoms with Crippen LogP contribution in [-0.2, 0) is 19.3 Å². The van der Waals surface area contributed by atoms with E-state index < -0.39 is 40.8 Å². The summed E-state index contributed by atoms with van der Waals surface area (Å²) in [5.41, 5.74) is -0.741. The summed E-state index contributed by atoms with van der Waals surface area (Å²) in [7, 11) is 0. The fourth-order valence-corrected chi connectivity index (χ4v) is 4.55. The smallest absolute Gasteiger partial charge is 0.417 e. The summed E-state index contributed by atoms with van der Waals surface area (Å²) in [6.45, 7) is 2.10. The molecule has 0 bridgehead atoms. The van der Waals surface area contributed by atoms with E-state index in [0.717, 1.165) is 22.1 Å². The van der Waals surface area contributed by atoms with Crippen LogP contribution in [0.2, 0.25) is 5.15 Å². The second-order valence-corrected chi connectivity index (χ2v) is 9.19. The number of pyridine rings is 2. The fraction of sp³-hybridized carbons (Fsp3) is 0.200. The Morgan fingerprint density at radius 3 is 2.55 bits per heavy atom. The van der Waals surface area contributed by atoms with Crippen molar-refractivity contribution in [2.75, 3.05) is 10.2 Å². The summed E-state index contributed by atoms with van der Waals surface area (Å²) in [5.74, 6) is -1.59. The highest BCUT2D eigenvalue weighted by atomic mass is 35.5. The first kappa shape index (κ1) is 25.5. The number of carboxylic acid groups (broad SMARTS) is 1. The molecule has 0 spiro atoms. The first-order valence-electron chi connectivity index (χ1n) is 11.2. The van der Waals surface area contributed by atoms with Crippen molar-refractivity contribution >= 4 is 34.7 Å². The van der Waals surface area contributed by atoms with Crippen molar-refractivity contribution in [3.63, 3.8) is 0 Å². The predicted molar refractivity (Wildman–Crippen MR) is 131 cm³/mol. The van der Waals surface area contributed by atoms with E-state index in [-0.39, 0.29) is 34.4 Å². The Morgan fingerprint density at radius 1 is 1.11 bits per heavy atom. The number of nitrogens with one attached hydrogen (secondary N) is 1. The molecule has 0 radical (unpaired) electrons. The van der Waals surface area contributed by atoms with Crippen LogP contribution in [0, 0.1) is 5.82 Å². The second kappa shape index (κ2) is 9.28. The van der Waals surface area contributed by atoms with Gasteiger partial charge in [0, 0.05) is 30.9 Å². The van der Waals surface area contributed by atoms with Gasteiger partial charge in [-0.25, -0.2) is 19.2 Å². The maximum atomic E-state index is 13.7. The number of carboxylic acids is 1. The van der Waals surface area contributed by atoms with E-state index >= 15 is 0 Å². The Bertz CT molecular complexity index is 1660. The van der Waals surface area contributed by atoms with E-state index in [0.29, 0.717) is 18.3 Å². The zero-order valence-corrected chi connectivity index (χ0v) is 20.3. The lowest BCUT2D eigenvalue weighted by Gasteiger charge is -2.22. The number of alkyl halides is 3. The van der Waals surface area contributed by atoms with Gasteiger partial charge >= 0.3 is 12.1 Å². The third-order valence-electron chi connectivity index (χ3n) is 6.22. The van der Waals surface area contributed by atoms with Crippen molar-refractivity contribution in [2.24, 2.45) is 0 Å². The number of hydrogen-bond acceptors (Lipinski definition) is 6. The maximum absolute atomic E-state index is 13.7. The Kier molecular flexibility index (Phi) is 6.22. The van der Waals surface area contributed by atoms with Gasteiger partial charge in [-0.1, -0.05) is 17.7 Å². The molecule has 0 aliphatic carbocycles. The third-order valence-corrected chi connectivity index (χ3v) is 6.43. The Labute approximate surface area is 217 Å². The number of halogens is 5. The second-order valence-electron chi connectivity index (χ2n) is 8.80. The van der Waals surface area contributed by atoms with Gasteiger partial charge in [0.15, 0.2) is 5.69 Å². The molecule has 1 aromatic carbocycles. The van der Waals surface area contributed by atoms with Crippen LogP contribution in [0.25, 0.3) is 5.65 Å². The number of anilines is 2. The van der Waals surface area contributed by atoms with Crippen molar-refractivity contribution in [1.82, 2.24) is 14.4 Å². The lowest BCUT2D eigenvalue weighted by molar-refractivity contribution is -0.137.